The molecule has 0 saturated carbocycles. The number of amides is 2. The van der Waals surface area contributed by atoms with Gasteiger partial charge in [0, 0.05) is 60.7 Å². The average Bonchev–Trinajstić information content (AvgIpc) is 3.13. The Hall–Kier alpha value is -1.40. The second-order valence-electron chi connectivity index (χ2n) is 8.71. The van der Waals surface area contributed by atoms with Crippen LogP contribution in [-0.4, -0.2) is 66.9 Å². The number of carbonyl (C=O) groups excluding carboxylic acids is 1. The highest BCUT2D eigenvalue weighted by Crippen LogP contribution is 2.51. The van der Waals surface area contributed by atoms with Crippen molar-refractivity contribution in [1.82, 2.24) is 15.1 Å². The lowest BCUT2D eigenvalue weighted by Crippen LogP contribution is -2.58. The topological polar surface area (TPSA) is 47.6 Å². The molecule has 29 heavy (non-hydrogen) atoms. The molecular formula is C23H36N4OS. The van der Waals surface area contributed by atoms with Crippen molar-refractivity contribution in [3.8, 4) is 0 Å². The van der Waals surface area contributed by atoms with Crippen molar-refractivity contribution in [1.29, 1.82) is 0 Å². The van der Waals surface area contributed by atoms with Gasteiger partial charge in [-0.1, -0.05) is 6.92 Å². The van der Waals surface area contributed by atoms with Crippen LogP contribution in [0.25, 0.3) is 0 Å². The van der Waals surface area contributed by atoms with E-state index in [-0.39, 0.29) is 12.1 Å². The molecule has 5 nitrogen and oxygen atoms in total. The first-order valence-electron chi connectivity index (χ1n) is 11.3. The molecule has 1 aromatic rings. The molecule has 2 aliphatic heterocycles. The fourth-order valence-electron chi connectivity index (χ4n) is 5.79. The second kappa shape index (κ2) is 8.76. The van der Waals surface area contributed by atoms with Crippen molar-refractivity contribution in [3.63, 3.8) is 0 Å². The minimum atomic E-state index is 0.0911. The number of benzene rings is 1. The number of piperidine rings is 1. The maximum absolute atomic E-state index is 12.7. The Bertz CT molecular complexity index is 751. The molecule has 1 aliphatic carbocycles. The van der Waals surface area contributed by atoms with Gasteiger partial charge in [0.25, 0.3) is 0 Å². The van der Waals surface area contributed by atoms with Crippen molar-refractivity contribution in [3.05, 3.63) is 23.3 Å². The van der Waals surface area contributed by atoms with E-state index in [1.165, 1.54) is 17.0 Å². The SMILES string of the molecule is CCCN1C[C@@H](NC(=O)N(CC)CC)CC2c3cc(SC)cc4c3C(CN4)C[C@H]21. The van der Waals surface area contributed by atoms with Gasteiger partial charge in [0.1, 0.15) is 0 Å². The Kier molecular flexibility index (Phi) is 6.30. The van der Waals surface area contributed by atoms with Gasteiger partial charge in [-0.25, -0.2) is 4.79 Å². The third-order valence-electron chi connectivity index (χ3n) is 7.11. The van der Waals surface area contributed by atoms with Crippen molar-refractivity contribution in [2.45, 2.75) is 68.8 Å². The predicted octanol–water partition coefficient (Wildman–Crippen LogP) is 4.31. The molecule has 2 amide bonds. The molecule has 6 heteroatoms. The van der Waals surface area contributed by atoms with E-state index < -0.39 is 0 Å². The Labute approximate surface area is 180 Å². The van der Waals surface area contributed by atoms with Gasteiger partial charge in [-0.05, 0) is 69.2 Å². The summed E-state index contributed by atoms with van der Waals surface area (Å²) in [6.45, 7) is 11.1. The van der Waals surface area contributed by atoms with Crippen molar-refractivity contribution >= 4 is 23.5 Å². The third-order valence-corrected chi connectivity index (χ3v) is 7.82. The maximum Gasteiger partial charge on any atom is 0.317 e. The van der Waals surface area contributed by atoms with Crippen molar-refractivity contribution in [2.75, 3.05) is 44.3 Å². The maximum atomic E-state index is 12.7. The number of thioether (sulfide) groups is 1. The lowest BCUT2D eigenvalue weighted by molar-refractivity contribution is 0.0837. The number of nitrogens with zero attached hydrogens (tertiary/aromatic N) is 2. The number of hydrogen-bond acceptors (Lipinski definition) is 4. The molecule has 160 valence electrons. The number of likely N-dealkylation sites (tertiary alicyclic amines) is 1. The monoisotopic (exact) mass is 416 g/mol. The van der Waals surface area contributed by atoms with E-state index in [1.807, 2.05) is 16.7 Å². The summed E-state index contributed by atoms with van der Waals surface area (Å²) < 4.78 is 0. The minimum absolute atomic E-state index is 0.0911. The summed E-state index contributed by atoms with van der Waals surface area (Å²) in [7, 11) is 0. The van der Waals surface area contributed by atoms with Crippen LogP contribution in [0.2, 0.25) is 0 Å². The molecule has 2 heterocycles. The first-order chi connectivity index (χ1) is 14.1. The van der Waals surface area contributed by atoms with Gasteiger partial charge < -0.3 is 15.5 Å². The summed E-state index contributed by atoms with van der Waals surface area (Å²) in [5.41, 5.74) is 4.46. The van der Waals surface area contributed by atoms with Gasteiger partial charge >= 0.3 is 6.03 Å². The van der Waals surface area contributed by atoms with Crippen LogP contribution < -0.4 is 10.6 Å². The standard InChI is InChI=1S/C23H36N4OS/c1-5-8-27-14-16(25-23(28)26(6-2)7-3)10-18-19-11-17(29-4)12-20-22(19)15(13-24-20)9-21(18)27/h11-12,15-16,18,21,24H,5-10,13-14H2,1-4H3,(H,25,28)/t15?,16-,18?,21+/m0/s1. The number of fused-ring (bicyclic) bond motifs is 2. The first kappa shape index (κ1) is 20.9. The van der Waals surface area contributed by atoms with Crippen LogP contribution in [0.1, 0.15) is 63.0 Å². The molecule has 0 aromatic heterocycles. The third kappa shape index (κ3) is 3.86. The highest BCUT2D eigenvalue weighted by molar-refractivity contribution is 7.98. The van der Waals surface area contributed by atoms with Crippen LogP contribution in [0.4, 0.5) is 10.5 Å². The highest BCUT2D eigenvalue weighted by atomic mass is 32.2. The molecule has 2 unspecified atom stereocenters. The molecular weight excluding hydrogens is 380 g/mol. The number of anilines is 1. The average molecular weight is 417 g/mol. The molecule has 1 aromatic carbocycles. The van der Waals surface area contributed by atoms with Crippen molar-refractivity contribution in [2.24, 2.45) is 0 Å². The van der Waals surface area contributed by atoms with E-state index in [2.05, 4.69) is 54.7 Å². The van der Waals surface area contributed by atoms with Gasteiger partial charge in [0.15, 0.2) is 0 Å². The molecule has 4 rings (SSSR count). The van der Waals surface area contributed by atoms with Crippen LogP contribution in [0.15, 0.2) is 17.0 Å². The molecule has 1 fully saturated rings. The fourth-order valence-corrected chi connectivity index (χ4v) is 6.27. The van der Waals surface area contributed by atoms with E-state index >= 15 is 0 Å². The summed E-state index contributed by atoms with van der Waals surface area (Å²) in [6, 6.07) is 5.68. The van der Waals surface area contributed by atoms with Crippen LogP contribution in [-0.2, 0) is 0 Å². The molecule has 4 atom stereocenters. The fraction of sp³-hybridized carbons (Fsp3) is 0.696. The van der Waals surface area contributed by atoms with E-state index in [9.17, 15) is 4.79 Å². The van der Waals surface area contributed by atoms with Crippen molar-refractivity contribution < 1.29 is 4.79 Å². The summed E-state index contributed by atoms with van der Waals surface area (Å²) >= 11 is 1.83. The summed E-state index contributed by atoms with van der Waals surface area (Å²) in [6.07, 6.45) is 5.62. The van der Waals surface area contributed by atoms with E-state index in [0.29, 0.717) is 17.9 Å². The number of rotatable bonds is 6. The normalized spacial score (nSPS) is 27.7. The first-order valence-corrected chi connectivity index (χ1v) is 12.6. The highest BCUT2D eigenvalue weighted by Gasteiger charge is 2.45. The summed E-state index contributed by atoms with van der Waals surface area (Å²) in [5.74, 6) is 1.15. The minimum Gasteiger partial charge on any atom is -0.384 e. The van der Waals surface area contributed by atoms with Gasteiger partial charge in [-0.2, -0.15) is 0 Å². The summed E-state index contributed by atoms with van der Waals surface area (Å²) in [5, 5.41) is 7.05. The smallest absolute Gasteiger partial charge is 0.317 e. The molecule has 3 aliphatic rings. The van der Waals surface area contributed by atoms with E-state index in [4.69, 9.17) is 0 Å². The molecule has 0 bridgehead atoms. The van der Waals surface area contributed by atoms with Crippen LogP contribution in [0.3, 0.4) is 0 Å². The number of hydrogen-bond donors (Lipinski definition) is 2. The second-order valence-corrected chi connectivity index (χ2v) is 9.59. The molecule has 2 N–H and O–H groups in total. The summed E-state index contributed by atoms with van der Waals surface area (Å²) in [4.78, 5) is 18.7. The number of carbonyl (C=O) groups is 1. The zero-order valence-electron chi connectivity index (χ0n) is 18.3. The molecule has 0 radical (unpaired) electrons. The van der Waals surface area contributed by atoms with Gasteiger partial charge in [-0.3, -0.25) is 4.90 Å². The lowest BCUT2D eigenvalue weighted by Gasteiger charge is -2.49. The molecule has 1 saturated heterocycles. The Morgan fingerprint density at radius 2 is 2.07 bits per heavy atom. The van der Waals surface area contributed by atoms with Gasteiger partial charge in [-0.15, -0.1) is 11.8 Å². The zero-order valence-corrected chi connectivity index (χ0v) is 19.1. The van der Waals surface area contributed by atoms with E-state index in [0.717, 1.165) is 45.6 Å². The Morgan fingerprint density at radius 1 is 1.28 bits per heavy atom. The van der Waals surface area contributed by atoms with Gasteiger partial charge in [0.05, 0.1) is 0 Å². The Balaban J connectivity index is 1.64. The molecule has 0 spiro atoms. The van der Waals surface area contributed by atoms with E-state index in [1.54, 1.807) is 11.1 Å². The van der Waals surface area contributed by atoms with Crippen LogP contribution in [0.5, 0.6) is 0 Å². The quantitative estimate of drug-likeness (QED) is 0.679. The van der Waals surface area contributed by atoms with Crippen LogP contribution in [0, 0.1) is 0 Å². The van der Waals surface area contributed by atoms with Crippen LogP contribution >= 0.6 is 11.8 Å². The largest absolute Gasteiger partial charge is 0.384 e. The zero-order chi connectivity index (χ0) is 20.5. The van der Waals surface area contributed by atoms with Gasteiger partial charge in [0.2, 0.25) is 0 Å². The number of urea groups is 1. The lowest BCUT2D eigenvalue weighted by atomic mass is 9.69. The predicted molar refractivity (Wildman–Crippen MR) is 122 cm³/mol. The Morgan fingerprint density at radius 3 is 2.76 bits per heavy atom. The number of nitrogens with one attached hydrogen (secondary N) is 2.